The van der Waals surface area contributed by atoms with Gasteiger partial charge in [-0.05, 0) is 0 Å². The fourth-order valence-corrected chi connectivity index (χ4v) is 0. The Morgan fingerprint density at radius 1 is 0.429 bits per heavy atom. The summed E-state index contributed by atoms with van der Waals surface area (Å²) < 4.78 is 0. The first-order valence-electron chi connectivity index (χ1n) is 0. The molecule has 0 saturated carbocycles. The standard InChI is InChI=1S/Al.5H2O.Zn/h;5*1H2;/q;;;;;;+2/p-5. The number of hydrogen-bond acceptors (Lipinski definition) is 5. The van der Waals surface area contributed by atoms with E-state index in [1.807, 2.05) is 0 Å². The van der Waals surface area contributed by atoms with E-state index in [2.05, 4.69) is 0 Å². The molecular weight excluding hydrogens is 172 g/mol. The largest absolute Gasteiger partial charge is 2.00 e. The average molecular weight is 177 g/mol. The Labute approximate surface area is 64.5 Å². The third kappa shape index (κ3) is 187. The van der Waals surface area contributed by atoms with Gasteiger partial charge in [0, 0.05) is 17.4 Å². The molecule has 0 heterocycles. The van der Waals surface area contributed by atoms with Crippen LogP contribution in [0.25, 0.3) is 0 Å². The molecule has 43 valence electrons. The molecule has 0 fully saturated rings. The monoisotopic (exact) mass is 176 g/mol. The summed E-state index contributed by atoms with van der Waals surface area (Å²) in [5, 5.41) is 0. The van der Waals surface area contributed by atoms with Crippen molar-refractivity contribution in [2.24, 2.45) is 0 Å². The Hall–Kier alpha value is 0.956. The maximum Gasteiger partial charge on any atom is 2.00 e. The minimum Gasteiger partial charge on any atom is -0.870 e. The average Bonchev–Trinajstić information content (AvgIpc) is 0. The van der Waals surface area contributed by atoms with Crippen molar-refractivity contribution in [2.45, 2.75) is 0 Å². The molecule has 0 aliphatic heterocycles. The van der Waals surface area contributed by atoms with Gasteiger partial charge in [-0.15, -0.1) is 0 Å². The van der Waals surface area contributed by atoms with Crippen molar-refractivity contribution in [2.75, 3.05) is 0 Å². The molecular formula is H5AlO5Zn-3. The summed E-state index contributed by atoms with van der Waals surface area (Å²) in [6.45, 7) is 0. The van der Waals surface area contributed by atoms with Crippen LogP contribution in [0.4, 0.5) is 0 Å². The van der Waals surface area contributed by atoms with Crippen LogP contribution in [0, 0.1) is 0 Å². The van der Waals surface area contributed by atoms with E-state index in [4.69, 9.17) is 0 Å². The third-order valence-corrected chi connectivity index (χ3v) is 0. The van der Waals surface area contributed by atoms with Crippen molar-refractivity contribution in [3.63, 3.8) is 0 Å². The van der Waals surface area contributed by atoms with Crippen molar-refractivity contribution >= 4 is 17.4 Å². The zero-order valence-electron chi connectivity index (χ0n) is 3.52. The van der Waals surface area contributed by atoms with E-state index in [1.54, 1.807) is 0 Å². The second kappa shape index (κ2) is 270. The first-order chi connectivity index (χ1) is 0. The van der Waals surface area contributed by atoms with E-state index in [0.717, 1.165) is 0 Å². The molecule has 7 heteroatoms. The van der Waals surface area contributed by atoms with Crippen LogP contribution >= 0.6 is 0 Å². The van der Waals surface area contributed by atoms with E-state index in [0.29, 0.717) is 0 Å². The van der Waals surface area contributed by atoms with Gasteiger partial charge >= 0.3 is 19.5 Å². The summed E-state index contributed by atoms with van der Waals surface area (Å²) in [5.41, 5.74) is 0. The second-order valence-electron chi connectivity index (χ2n) is 0. The maximum atomic E-state index is 0. The van der Waals surface area contributed by atoms with Crippen LogP contribution in [0.5, 0.6) is 0 Å². The van der Waals surface area contributed by atoms with Crippen LogP contribution in [0.15, 0.2) is 0 Å². The predicted octanol–water partition coefficient (Wildman–Crippen LogP) is -1.27. The van der Waals surface area contributed by atoms with Gasteiger partial charge in [-0.25, -0.2) is 0 Å². The van der Waals surface area contributed by atoms with Crippen molar-refractivity contribution in [1.82, 2.24) is 0 Å². The Morgan fingerprint density at radius 2 is 0.429 bits per heavy atom. The zero-order valence-corrected chi connectivity index (χ0v) is 7.64. The molecule has 5 N–H and O–H groups in total. The Balaban J connectivity index is 0. The van der Waals surface area contributed by atoms with Gasteiger partial charge in [-0.3, -0.25) is 0 Å². The van der Waals surface area contributed by atoms with Crippen molar-refractivity contribution in [1.29, 1.82) is 0 Å². The van der Waals surface area contributed by atoms with Gasteiger partial charge in [-0.1, -0.05) is 0 Å². The van der Waals surface area contributed by atoms with Gasteiger partial charge in [0.25, 0.3) is 0 Å². The fourth-order valence-electron chi connectivity index (χ4n) is 0. The number of hydrogen-bond donors (Lipinski definition) is 0. The molecule has 0 aliphatic rings. The van der Waals surface area contributed by atoms with Crippen LogP contribution in [0.2, 0.25) is 0 Å². The molecule has 7 heavy (non-hydrogen) atoms. The Morgan fingerprint density at radius 3 is 0.429 bits per heavy atom. The molecule has 5 nitrogen and oxygen atoms in total. The molecule has 0 unspecified atom stereocenters. The molecule has 0 amide bonds. The molecule has 0 aromatic heterocycles. The van der Waals surface area contributed by atoms with E-state index >= 15 is 0 Å². The van der Waals surface area contributed by atoms with Crippen molar-refractivity contribution in [3.8, 4) is 0 Å². The first kappa shape index (κ1) is 421. The minimum absolute atomic E-state index is 0. The van der Waals surface area contributed by atoms with Crippen LogP contribution in [-0.4, -0.2) is 44.7 Å². The van der Waals surface area contributed by atoms with Crippen LogP contribution < -0.4 is 0 Å². The summed E-state index contributed by atoms with van der Waals surface area (Å²) in [7, 11) is 0. The summed E-state index contributed by atoms with van der Waals surface area (Å²) in [6, 6.07) is 0. The van der Waals surface area contributed by atoms with Gasteiger partial charge in [0.1, 0.15) is 0 Å². The quantitative estimate of drug-likeness (QED) is 0.423. The van der Waals surface area contributed by atoms with Crippen LogP contribution in [0.3, 0.4) is 0 Å². The maximum absolute atomic E-state index is 0. The van der Waals surface area contributed by atoms with Gasteiger partial charge in [0.05, 0.1) is 0 Å². The van der Waals surface area contributed by atoms with Crippen LogP contribution in [0.1, 0.15) is 0 Å². The SMILES string of the molecule is [Al].[OH-].[OH-].[OH-].[OH-].[OH-].[Zn+2]. The fraction of sp³-hybridized carbons (Fsp3) is 0. The Kier molecular flexibility index (Phi) is 16300. The van der Waals surface area contributed by atoms with Gasteiger partial charge in [-0.2, -0.15) is 0 Å². The summed E-state index contributed by atoms with van der Waals surface area (Å²) >= 11 is 0. The molecule has 0 rings (SSSR count). The molecule has 0 aliphatic carbocycles. The predicted molar refractivity (Wildman–Crippen MR) is 15.4 cm³/mol. The zero-order chi connectivity index (χ0) is 0. The van der Waals surface area contributed by atoms with Gasteiger partial charge < -0.3 is 27.4 Å². The Bertz CT molecular complexity index is 8.04. The van der Waals surface area contributed by atoms with Crippen LogP contribution in [-0.2, 0) is 19.5 Å². The number of rotatable bonds is 0. The van der Waals surface area contributed by atoms with Gasteiger partial charge in [0.15, 0.2) is 0 Å². The van der Waals surface area contributed by atoms with E-state index < -0.39 is 0 Å². The second-order valence-corrected chi connectivity index (χ2v) is 0. The summed E-state index contributed by atoms with van der Waals surface area (Å²) in [4.78, 5) is 0. The first-order valence-corrected chi connectivity index (χ1v) is 0. The molecule has 0 aromatic rings. The van der Waals surface area contributed by atoms with Gasteiger partial charge in [0.2, 0.25) is 0 Å². The van der Waals surface area contributed by atoms with Crippen molar-refractivity contribution in [3.05, 3.63) is 0 Å². The third-order valence-electron chi connectivity index (χ3n) is 0. The minimum atomic E-state index is 0. The smallest absolute Gasteiger partial charge is 0.870 e. The van der Waals surface area contributed by atoms with Crippen molar-refractivity contribution < 1.29 is 46.9 Å². The van der Waals surface area contributed by atoms with E-state index in [9.17, 15) is 0 Å². The molecule has 0 saturated heterocycles. The summed E-state index contributed by atoms with van der Waals surface area (Å²) in [6.07, 6.45) is 0. The molecule has 3 radical (unpaired) electrons. The van der Waals surface area contributed by atoms with E-state index in [-0.39, 0.29) is 64.2 Å². The summed E-state index contributed by atoms with van der Waals surface area (Å²) in [5.74, 6) is 0. The molecule has 0 atom stereocenters. The molecule has 0 aromatic carbocycles. The normalized spacial score (nSPS) is 0. The van der Waals surface area contributed by atoms with E-state index in [1.165, 1.54) is 0 Å². The molecule has 0 spiro atoms. The topological polar surface area (TPSA) is 150 Å². The molecule has 0 bridgehead atoms.